The van der Waals surface area contributed by atoms with Crippen molar-refractivity contribution in [2.24, 2.45) is 5.92 Å². The van der Waals surface area contributed by atoms with Crippen LogP contribution in [-0.2, 0) is 22.5 Å². The number of carbonyl (C=O) groups excluding carboxylic acids is 2. The number of fused-ring (bicyclic) bond motifs is 1. The van der Waals surface area contributed by atoms with E-state index in [2.05, 4.69) is 15.3 Å². The van der Waals surface area contributed by atoms with Gasteiger partial charge in [0.15, 0.2) is 10.8 Å². The number of phenols is 1. The molecule has 2 heterocycles. The molecule has 0 atom stereocenters. The fourth-order valence-electron chi connectivity index (χ4n) is 2.98. The minimum Gasteiger partial charge on any atom is -0.508 e. The Morgan fingerprint density at radius 2 is 2.03 bits per heavy atom. The standard InChI is InChI=1S/C20H22N4O5S/c1-10(2)7-15-17(19(28)29-4)23-20(30-15)22-16(26)9-24-11(3)21-14-6-5-12(25)8-13(14)18(24)27/h5-6,8,10,25H,7,9H2,1-4H3,(H,22,23,26). The predicted octanol–water partition coefficient (Wildman–Crippen LogP) is 2.49. The number of aromatic nitrogens is 3. The monoisotopic (exact) mass is 430 g/mol. The fraction of sp³-hybridized carbons (Fsp3) is 0.350. The Labute approximate surface area is 176 Å². The molecule has 30 heavy (non-hydrogen) atoms. The number of thiazole rings is 1. The molecule has 10 heteroatoms. The van der Waals surface area contributed by atoms with E-state index in [0.29, 0.717) is 23.7 Å². The number of phenolic OH excluding ortho intramolecular Hbond substituents is 1. The molecule has 0 fully saturated rings. The Morgan fingerprint density at radius 3 is 2.70 bits per heavy atom. The second-order valence-corrected chi connectivity index (χ2v) is 8.26. The lowest BCUT2D eigenvalue weighted by atomic mass is 10.1. The van der Waals surface area contributed by atoms with Crippen molar-refractivity contribution in [3.8, 4) is 5.75 Å². The summed E-state index contributed by atoms with van der Waals surface area (Å²) in [5, 5.41) is 12.8. The first-order valence-electron chi connectivity index (χ1n) is 9.27. The second-order valence-electron chi connectivity index (χ2n) is 7.18. The number of amides is 1. The lowest BCUT2D eigenvalue weighted by molar-refractivity contribution is -0.116. The first-order valence-corrected chi connectivity index (χ1v) is 10.1. The summed E-state index contributed by atoms with van der Waals surface area (Å²) in [5.74, 6) is -0.449. The van der Waals surface area contributed by atoms with E-state index in [1.54, 1.807) is 13.0 Å². The van der Waals surface area contributed by atoms with Gasteiger partial charge >= 0.3 is 5.97 Å². The molecule has 0 aliphatic rings. The van der Waals surface area contributed by atoms with E-state index in [0.717, 1.165) is 4.88 Å². The van der Waals surface area contributed by atoms with Gasteiger partial charge in [-0.3, -0.25) is 14.2 Å². The topological polar surface area (TPSA) is 123 Å². The van der Waals surface area contributed by atoms with Gasteiger partial charge in [-0.15, -0.1) is 11.3 Å². The van der Waals surface area contributed by atoms with Crippen LogP contribution in [0.1, 0.15) is 35.0 Å². The van der Waals surface area contributed by atoms with Gasteiger partial charge in [0.05, 0.1) is 18.0 Å². The fourth-order valence-corrected chi connectivity index (χ4v) is 4.16. The third kappa shape index (κ3) is 4.48. The van der Waals surface area contributed by atoms with Crippen molar-refractivity contribution in [1.29, 1.82) is 0 Å². The summed E-state index contributed by atoms with van der Waals surface area (Å²) in [6, 6.07) is 4.31. The van der Waals surface area contributed by atoms with Gasteiger partial charge in [0.1, 0.15) is 18.1 Å². The average molecular weight is 430 g/mol. The van der Waals surface area contributed by atoms with E-state index in [9.17, 15) is 19.5 Å². The number of ether oxygens (including phenoxy) is 1. The summed E-state index contributed by atoms with van der Waals surface area (Å²) in [7, 11) is 1.28. The number of hydrogen-bond acceptors (Lipinski definition) is 8. The van der Waals surface area contributed by atoms with Crippen LogP contribution in [0.5, 0.6) is 5.75 Å². The molecular weight excluding hydrogens is 408 g/mol. The quantitative estimate of drug-likeness (QED) is 0.576. The van der Waals surface area contributed by atoms with Crippen molar-refractivity contribution in [2.45, 2.75) is 33.7 Å². The van der Waals surface area contributed by atoms with Crippen LogP contribution < -0.4 is 10.9 Å². The van der Waals surface area contributed by atoms with E-state index >= 15 is 0 Å². The number of anilines is 1. The van der Waals surface area contributed by atoms with E-state index in [1.165, 1.54) is 35.1 Å². The first kappa shape index (κ1) is 21.4. The molecule has 1 amide bonds. The van der Waals surface area contributed by atoms with Crippen LogP contribution >= 0.6 is 11.3 Å². The van der Waals surface area contributed by atoms with Gasteiger partial charge in [-0.25, -0.2) is 14.8 Å². The van der Waals surface area contributed by atoms with Crippen LogP contribution in [0.25, 0.3) is 10.9 Å². The van der Waals surface area contributed by atoms with E-state index in [1.807, 2.05) is 13.8 Å². The molecule has 3 aromatic rings. The molecule has 0 saturated heterocycles. The van der Waals surface area contributed by atoms with Gasteiger partial charge in [-0.1, -0.05) is 13.8 Å². The number of nitrogens with one attached hydrogen (secondary N) is 1. The minimum absolute atomic E-state index is 0.0583. The highest BCUT2D eigenvalue weighted by atomic mass is 32.1. The van der Waals surface area contributed by atoms with Crippen LogP contribution in [0.4, 0.5) is 5.13 Å². The van der Waals surface area contributed by atoms with Crippen LogP contribution in [-0.4, -0.2) is 38.6 Å². The smallest absolute Gasteiger partial charge is 0.357 e. The molecule has 2 aromatic heterocycles. The largest absolute Gasteiger partial charge is 0.508 e. The molecular formula is C20H22N4O5S. The highest BCUT2D eigenvalue weighted by Gasteiger charge is 2.21. The number of aromatic hydroxyl groups is 1. The lowest BCUT2D eigenvalue weighted by Gasteiger charge is -2.10. The highest BCUT2D eigenvalue weighted by molar-refractivity contribution is 7.16. The Balaban J connectivity index is 1.86. The van der Waals surface area contributed by atoms with Gasteiger partial charge in [0.2, 0.25) is 5.91 Å². The van der Waals surface area contributed by atoms with Crippen molar-refractivity contribution >= 4 is 39.2 Å². The summed E-state index contributed by atoms with van der Waals surface area (Å²) < 4.78 is 6.00. The molecule has 0 saturated carbocycles. The molecule has 1 aromatic carbocycles. The predicted molar refractivity (Wildman–Crippen MR) is 113 cm³/mol. The Bertz CT molecular complexity index is 1180. The lowest BCUT2D eigenvalue weighted by Crippen LogP contribution is -2.30. The first-order chi connectivity index (χ1) is 14.2. The van der Waals surface area contributed by atoms with Gasteiger partial charge in [-0.2, -0.15) is 0 Å². The van der Waals surface area contributed by atoms with Gasteiger partial charge < -0.3 is 15.2 Å². The summed E-state index contributed by atoms with van der Waals surface area (Å²) in [4.78, 5) is 46.6. The van der Waals surface area contributed by atoms with Crippen molar-refractivity contribution in [3.63, 3.8) is 0 Å². The molecule has 0 spiro atoms. The minimum atomic E-state index is -0.562. The zero-order valence-corrected chi connectivity index (χ0v) is 17.9. The Morgan fingerprint density at radius 1 is 1.30 bits per heavy atom. The van der Waals surface area contributed by atoms with Crippen LogP contribution in [0.2, 0.25) is 0 Å². The molecule has 9 nitrogen and oxygen atoms in total. The molecule has 3 rings (SSSR count). The average Bonchev–Trinajstić information content (AvgIpc) is 3.06. The normalized spacial score (nSPS) is 11.1. The number of esters is 1. The zero-order valence-electron chi connectivity index (χ0n) is 17.1. The van der Waals surface area contributed by atoms with Crippen molar-refractivity contribution in [1.82, 2.24) is 14.5 Å². The Hall–Kier alpha value is -3.27. The van der Waals surface area contributed by atoms with E-state index in [-0.39, 0.29) is 28.5 Å². The summed E-state index contributed by atoms with van der Waals surface area (Å²) in [5.41, 5.74) is 0.189. The third-order valence-corrected chi connectivity index (χ3v) is 5.34. The molecule has 0 aliphatic heterocycles. The summed E-state index contributed by atoms with van der Waals surface area (Å²) in [6.45, 7) is 5.37. The number of rotatable bonds is 6. The number of carbonyl (C=O) groups is 2. The van der Waals surface area contributed by atoms with Crippen molar-refractivity contribution in [2.75, 3.05) is 12.4 Å². The zero-order chi connectivity index (χ0) is 22.0. The molecule has 2 N–H and O–H groups in total. The Kier molecular flexibility index (Phi) is 6.16. The molecule has 0 aliphatic carbocycles. The highest BCUT2D eigenvalue weighted by Crippen LogP contribution is 2.26. The van der Waals surface area contributed by atoms with E-state index in [4.69, 9.17) is 4.74 Å². The SMILES string of the molecule is COC(=O)c1nc(NC(=O)Cn2c(C)nc3ccc(O)cc3c2=O)sc1CC(C)C. The van der Waals surface area contributed by atoms with Gasteiger partial charge in [0.25, 0.3) is 5.56 Å². The maximum Gasteiger partial charge on any atom is 0.357 e. The number of benzene rings is 1. The summed E-state index contributed by atoms with van der Waals surface area (Å²) >= 11 is 1.20. The third-order valence-electron chi connectivity index (χ3n) is 4.35. The van der Waals surface area contributed by atoms with Crippen LogP contribution in [0.3, 0.4) is 0 Å². The van der Waals surface area contributed by atoms with Crippen LogP contribution in [0.15, 0.2) is 23.0 Å². The molecule has 0 radical (unpaired) electrons. The maximum absolute atomic E-state index is 12.8. The number of hydrogen-bond donors (Lipinski definition) is 2. The van der Waals surface area contributed by atoms with Gasteiger partial charge in [0, 0.05) is 4.88 Å². The molecule has 158 valence electrons. The molecule has 0 bridgehead atoms. The number of methoxy groups -OCH3 is 1. The van der Waals surface area contributed by atoms with Crippen molar-refractivity contribution in [3.05, 3.63) is 44.9 Å². The number of aryl methyl sites for hydroxylation is 1. The van der Waals surface area contributed by atoms with Crippen LogP contribution in [0, 0.1) is 12.8 Å². The summed E-state index contributed by atoms with van der Waals surface area (Å²) in [6.07, 6.45) is 0.620. The van der Waals surface area contributed by atoms with Gasteiger partial charge in [-0.05, 0) is 37.5 Å². The number of nitrogens with zero attached hydrogens (tertiary/aromatic N) is 3. The second kappa shape index (κ2) is 8.62. The van der Waals surface area contributed by atoms with E-state index < -0.39 is 17.4 Å². The molecule has 0 unspecified atom stereocenters. The maximum atomic E-state index is 12.8. The van der Waals surface area contributed by atoms with Crippen molar-refractivity contribution < 1.29 is 19.4 Å².